The molecule has 3 aromatic rings. The second kappa shape index (κ2) is 6.79. The van der Waals surface area contributed by atoms with Gasteiger partial charge in [-0.25, -0.2) is 0 Å². The number of Topliss-reactive ketones (excluding diaryl/α,β-unsaturated/α-hetero) is 1. The van der Waals surface area contributed by atoms with Gasteiger partial charge in [0.05, 0.1) is 11.4 Å². The first kappa shape index (κ1) is 14.9. The van der Waals surface area contributed by atoms with Gasteiger partial charge in [-0.2, -0.15) is 5.11 Å². The molecule has 0 atom stereocenters. The lowest BCUT2D eigenvalue weighted by atomic mass is 10.0. The second-order valence-electron chi connectivity index (χ2n) is 5.19. The van der Waals surface area contributed by atoms with Crippen molar-refractivity contribution in [2.75, 3.05) is 0 Å². The van der Waals surface area contributed by atoms with Gasteiger partial charge < -0.3 is 0 Å². The van der Waals surface area contributed by atoms with Gasteiger partial charge in [-0.05, 0) is 30.7 Å². The van der Waals surface area contributed by atoms with E-state index >= 15 is 0 Å². The van der Waals surface area contributed by atoms with Crippen molar-refractivity contribution in [1.82, 2.24) is 0 Å². The van der Waals surface area contributed by atoms with Crippen LogP contribution in [0.15, 0.2) is 89.1 Å². The molecule has 0 saturated carbocycles. The van der Waals surface area contributed by atoms with Crippen molar-refractivity contribution in [1.29, 1.82) is 0 Å². The van der Waals surface area contributed by atoms with Crippen molar-refractivity contribution in [2.24, 2.45) is 10.2 Å². The van der Waals surface area contributed by atoms with E-state index in [9.17, 15) is 4.79 Å². The van der Waals surface area contributed by atoms with Crippen molar-refractivity contribution in [3.8, 4) is 11.1 Å². The van der Waals surface area contributed by atoms with Gasteiger partial charge in [0.15, 0.2) is 5.78 Å². The Labute approximate surface area is 135 Å². The molecule has 0 aliphatic heterocycles. The standard InChI is InChI=1S/C20H16N2O/c1-15(23)16-11-13-17(14-12-16)19-9-5-6-10-20(19)22-21-18-7-3-2-4-8-18/h2-14H,1H3/b22-21+. The third kappa shape index (κ3) is 3.58. The van der Waals surface area contributed by atoms with Crippen LogP contribution in [0, 0.1) is 0 Å². The summed E-state index contributed by atoms with van der Waals surface area (Å²) >= 11 is 0. The Bertz CT molecular complexity index is 837. The van der Waals surface area contributed by atoms with Gasteiger partial charge >= 0.3 is 0 Å². The predicted molar refractivity (Wildman–Crippen MR) is 92.5 cm³/mol. The Hall–Kier alpha value is -3.07. The molecule has 0 aliphatic carbocycles. The van der Waals surface area contributed by atoms with Gasteiger partial charge in [0, 0.05) is 11.1 Å². The molecule has 3 heteroatoms. The Balaban J connectivity index is 1.94. The number of azo groups is 1. The fourth-order valence-electron chi connectivity index (χ4n) is 2.30. The lowest BCUT2D eigenvalue weighted by molar-refractivity contribution is 0.101. The van der Waals surface area contributed by atoms with E-state index in [0.717, 1.165) is 22.5 Å². The average Bonchev–Trinajstić information content (AvgIpc) is 2.61. The number of hydrogen-bond donors (Lipinski definition) is 0. The number of hydrogen-bond acceptors (Lipinski definition) is 3. The molecule has 3 aromatic carbocycles. The van der Waals surface area contributed by atoms with Crippen LogP contribution < -0.4 is 0 Å². The summed E-state index contributed by atoms with van der Waals surface area (Å²) in [5.41, 5.74) is 4.32. The minimum Gasteiger partial charge on any atom is -0.295 e. The molecule has 0 bridgehead atoms. The van der Waals surface area contributed by atoms with Crippen molar-refractivity contribution >= 4 is 17.2 Å². The number of benzene rings is 3. The zero-order valence-electron chi connectivity index (χ0n) is 12.8. The summed E-state index contributed by atoms with van der Waals surface area (Å²) in [5, 5.41) is 8.65. The fraction of sp³-hybridized carbons (Fsp3) is 0.0500. The molecule has 0 aromatic heterocycles. The highest BCUT2D eigenvalue weighted by atomic mass is 16.1. The minimum atomic E-state index is 0.0635. The van der Waals surface area contributed by atoms with Gasteiger partial charge in [-0.3, -0.25) is 4.79 Å². The van der Waals surface area contributed by atoms with E-state index in [1.54, 1.807) is 6.92 Å². The zero-order valence-corrected chi connectivity index (χ0v) is 12.8. The highest BCUT2D eigenvalue weighted by Gasteiger charge is 2.05. The first-order valence-electron chi connectivity index (χ1n) is 7.41. The molecule has 0 unspecified atom stereocenters. The van der Waals surface area contributed by atoms with Crippen LogP contribution in [0.1, 0.15) is 17.3 Å². The lowest BCUT2D eigenvalue weighted by Gasteiger charge is -2.06. The third-order valence-electron chi connectivity index (χ3n) is 3.54. The summed E-state index contributed by atoms with van der Waals surface area (Å²) in [5.74, 6) is 0.0635. The summed E-state index contributed by atoms with van der Waals surface area (Å²) in [6.45, 7) is 1.57. The van der Waals surface area contributed by atoms with Crippen molar-refractivity contribution in [3.63, 3.8) is 0 Å². The fourth-order valence-corrected chi connectivity index (χ4v) is 2.30. The number of carbonyl (C=O) groups excluding carboxylic acids is 1. The van der Waals surface area contributed by atoms with E-state index in [0.29, 0.717) is 5.56 Å². The maximum absolute atomic E-state index is 11.4. The summed E-state index contributed by atoms with van der Waals surface area (Å²) in [6, 6.07) is 25.0. The summed E-state index contributed by atoms with van der Waals surface area (Å²) < 4.78 is 0. The number of carbonyl (C=O) groups is 1. The van der Waals surface area contributed by atoms with Gasteiger partial charge in [-0.15, -0.1) is 5.11 Å². The largest absolute Gasteiger partial charge is 0.295 e. The molecule has 0 fully saturated rings. The topological polar surface area (TPSA) is 41.8 Å². The van der Waals surface area contributed by atoms with Crippen LogP contribution in [-0.4, -0.2) is 5.78 Å². The van der Waals surface area contributed by atoms with Crippen LogP contribution in [0.4, 0.5) is 11.4 Å². The molecule has 0 spiro atoms. The SMILES string of the molecule is CC(=O)c1ccc(-c2ccccc2/N=N/c2ccccc2)cc1. The average molecular weight is 300 g/mol. The van der Waals surface area contributed by atoms with E-state index in [-0.39, 0.29) is 5.78 Å². The molecule has 3 nitrogen and oxygen atoms in total. The minimum absolute atomic E-state index is 0.0635. The zero-order chi connectivity index (χ0) is 16.1. The normalized spacial score (nSPS) is 10.8. The molecular formula is C20H16N2O. The molecule has 0 heterocycles. The predicted octanol–water partition coefficient (Wildman–Crippen LogP) is 5.97. The van der Waals surface area contributed by atoms with Crippen LogP contribution >= 0.6 is 0 Å². The second-order valence-corrected chi connectivity index (χ2v) is 5.19. The first-order valence-corrected chi connectivity index (χ1v) is 7.41. The van der Waals surface area contributed by atoms with E-state index < -0.39 is 0 Å². The van der Waals surface area contributed by atoms with Gasteiger partial charge in [-0.1, -0.05) is 60.7 Å². The number of ketones is 1. The van der Waals surface area contributed by atoms with E-state index in [4.69, 9.17) is 0 Å². The highest BCUT2D eigenvalue weighted by molar-refractivity contribution is 5.94. The maximum Gasteiger partial charge on any atom is 0.159 e. The summed E-state index contributed by atoms with van der Waals surface area (Å²) in [4.78, 5) is 11.4. The Morgan fingerprint density at radius 3 is 2.09 bits per heavy atom. The van der Waals surface area contributed by atoms with E-state index in [1.807, 2.05) is 78.9 Å². The molecule has 23 heavy (non-hydrogen) atoms. The van der Waals surface area contributed by atoms with Gasteiger partial charge in [0.1, 0.15) is 0 Å². The maximum atomic E-state index is 11.4. The molecule has 0 N–H and O–H groups in total. The summed E-state index contributed by atoms with van der Waals surface area (Å²) in [7, 11) is 0. The smallest absolute Gasteiger partial charge is 0.159 e. The van der Waals surface area contributed by atoms with Crippen LogP contribution in [0.2, 0.25) is 0 Å². The van der Waals surface area contributed by atoms with Crippen molar-refractivity contribution in [3.05, 3.63) is 84.4 Å². The molecule has 0 radical (unpaired) electrons. The Morgan fingerprint density at radius 2 is 1.39 bits per heavy atom. The third-order valence-corrected chi connectivity index (χ3v) is 3.54. The first-order chi connectivity index (χ1) is 11.2. The van der Waals surface area contributed by atoms with Crippen LogP contribution in [-0.2, 0) is 0 Å². The molecule has 0 saturated heterocycles. The van der Waals surface area contributed by atoms with Gasteiger partial charge in [0.2, 0.25) is 0 Å². The van der Waals surface area contributed by atoms with Gasteiger partial charge in [0.25, 0.3) is 0 Å². The Morgan fingerprint density at radius 1 is 0.739 bits per heavy atom. The van der Waals surface area contributed by atoms with E-state index in [1.165, 1.54) is 0 Å². The molecule has 112 valence electrons. The van der Waals surface area contributed by atoms with Crippen molar-refractivity contribution in [2.45, 2.75) is 6.92 Å². The molecule has 3 rings (SSSR count). The van der Waals surface area contributed by atoms with Crippen LogP contribution in [0.25, 0.3) is 11.1 Å². The summed E-state index contributed by atoms with van der Waals surface area (Å²) in [6.07, 6.45) is 0. The molecule has 0 amide bonds. The monoisotopic (exact) mass is 300 g/mol. The Kier molecular flexibility index (Phi) is 4.39. The number of nitrogens with zero attached hydrogens (tertiary/aromatic N) is 2. The highest BCUT2D eigenvalue weighted by Crippen LogP contribution is 2.31. The molecular weight excluding hydrogens is 284 g/mol. The van der Waals surface area contributed by atoms with E-state index in [2.05, 4.69) is 10.2 Å². The van der Waals surface area contributed by atoms with Crippen molar-refractivity contribution < 1.29 is 4.79 Å². The van der Waals surface area contributed by atoms with Crippen LogP contribution in [0.5, 0.6) is 0 Å². The quantitative estimate of drug-likeness (QED) is 0.432. The number of rotatable bonds is 4. The lowest BCUT2D eigenvalue weighted by Crippen LogP contribution is -1.90. The molecule has 0 aliphatic rings. The van der Waals surface area contributed by atoms with Crippen LogP contribution in [0.3, 0.4) is 0 Å².